The topological polar surface area (TPSA) is 22.1 Å². The lowest BCUT2D eigenvalue weighted by atomic mass is 9.93. The van der Waals surface area contributed by atoms with Crippen LogP contribution in [-0.2, 0) is 0 Å². The highest BCUT2D eigenvalue weighted by atomic mass is 19.1. The fourth-order valence-corrected chi connectivity index (χ4v) is 3.40. The number of rotatable bonds is 7. The highest BCUT2D eigenvalue weighted by Crippen LogP contribution is 2.37. The Hall–Kier alpha value is -1.90. The van der Waals surface area contributed by atoms with Gasteiger partial charge in [-0.2, -0.15) is 0 Å². The molecule has 150 valence electrons. The fraction of sp³-hybridized carbons (Fsp3) is 0.542. The average Bonchev–Trinajstić information content (AvgIpc) is 2.67. The largest absolute Gasteiger partial charge is 0.496 e. The molecule has 0 saturated heterocycles. The number of ether oxygens (including phenoxy) is 1. The van der Waals surface area contributed by atoms with E-state index in [1.807, 2.05) is 40.7 Å². The van der Waals surface area contributed by atoms with E-state index in [1.165, 1.54) is 6.07 Å². The molecule has 1 aromatic carbocycles. The maximum absolute atomic E-state index is 14.3. The summed E-state index contributed by atoms with van der Waals surface area (Å²) < 4.78 is 19.7. The third-order valence-corrected chi connectivity index (χ3v) is 4.89. The van der Waals surface area contributed by atoms with Gasteiger partial charge >= 0.3 is 0 Å². The van der Waals surface area contributed by atoms with Gasteiger partial charge < -0.3 is 4.74 Å². The minimum absolute atomic E-state index is 0.117. The molecule has 0 spiro atoms. The van der Waals surface area contributed by atoms with E-state index in [0.717, 1.165) is 41.8 Å². The van der Waals surface area contributed by atoms with Gasteiger partial charge in [0, 0.05) is 34.5 Å². The molecule has 27 heavy (non-hydrogen) atoms. The number of hydrogen-bond acceptors (Lipinski definition) is 2. The molecule has 2 rings (SSSR count). The lowest BCUT2D eigenvalue weighted by molar-refractivity contribution is 0.412. The third kappa shape index (κ3) is 5.54. The van der Waals surface area contributed by atoms with Crippen LogP contribution < -0.4 is 4.74 Å². The summed E-state index contributed by atoms with van der Waals surface area (Å²) in [6, 6.07) is 7.62. The standard InChI is InChI=1S/C22H30FNO.C2H6/c1-7-9-16(8-2)21-11-10-17(15(5)24-21)19-12-18(14(3)4)20(23)13-22(19)25-6;1-2/h10-14,16H,7-9H2,1-6H3;1-2H3. The van der Waals surface area contributed by atoms with Gasteiger partial charge in [-0.05, 0) is 43.4 Å². The van der Waals surface area contributed by atoms with Crippen molar-refractivity contribution in [3.63, 3.8) is 0 Å². The Labute approximate surface area is 165 Å². The van der Waals surface area contributed by atoms with Crippen LogP contribution in [0.15, 0.2) is 24.3 Å². The summed E-state index contributed by atoms with van der Waals surface area (Å²) in [4.78, 5) is 4.86. The normalized spacial score (nSPS) is 11.8. The molecule has 0 saturated carbocycles. The number of aromatic nitrogens is 1. The lowest BCUT2D eigenvalue weighted by Crippen LogP contribution is -2.03. The predicted molar refractivity (Wildman–Crippen MR) is 114 cm³/mol. The number of pyridine rings is 1. The average molecular weight is 374 g/mol. The summed E-state index contributed by atoms with van der Waals surface area (Å²) >= 11 is 0. The van der Waals surface area contributed by atoms with Crippen molar-refractivity contribution in [2.24, 2.45) is 0 Å². The second kappa shape index (κ2) is 11.1. The van der Waals surface area contributed by atoms with E-state index in [-0.39, 0.29) is 11.7 Å². The van der Waals surface area contributed by atoms with E-state index in [2.05, 4.69) is 26.0 Å². The summed E-state index contributed by atoms with van der Waals surface area (Å²) in [5.74, 6) is 0.956. The quantitative estimate of drug-likeness (QED) is 0.497. The fourth-order valence-electron chi connectivity index (χ4n) is 3.40. The van der Waals surface area contributed by atoms with Gasteiger partial charge in [0.1, 0.15) is 11.6 Å². The molecule has 1 heterocycles. The van der Waals surface area contributed by atoms with Crippen LogP contribution >= 0.6 is 0 Å². The van der Waals surface area contributed by atoms with Gasteiger partial charge in [-0.1, -0.05) is 54.0 Å². The molecule has 1 unspecified atom stereocenters. The first-order valence-electron chi connectivity index (χ1n) is 10.3. The van der Waals surface area contributed by atoms with Gasteiger partial charge in [-0.15, -0.1) is 0 Å². The summed E-state index contributed by atoms with van der Waals surface area (Å²) in [5.41, 5.74) is 4.74. The predicted octanol–water partition coefficient (Wildman–Crippen LogP) is 7.65. The molecule has 0 aliphatic carbocycles. The van der Waals surface area contributed by atoms with Crippen LogP contribution in [0.1, 0.15) is 89.6 Å². The maximum Gasteiger partial charge on any atom is 0.130 e. The van der Waals surface area contributed by atoms with E-state index >= 15 is 0 Å². The molecule has 0 bridgehead atoms. The first-order chi connectivity index (χ1) is 12.9. The highest BCUT2D eigenvalue weighted by Gasteiger charge is 2.18. The lowest BCUT2D eigenvalue weighted by Gasteiger charge is -2.18. The Bertz CT molecular complexity index is 725. The van der Waals surface area contributed by atoms with E-state index in [0.29, 0.717) is 17.2 Å². The van der Waals surface area contributed by atoms with Gasteiger partial charge in [-0.25, -0.2) is 4.39 Å². The van der Waals surface area contributed by atoms with Gasteiger partial charge in [0.15, 0.2) is 0 Å². The molecule has 3 heteroatoms. The van der Waals surface area contributed by atoms with Gasteiger partial charge in [0.25, 0.3) is 0 Å². The van der Waals surface area contributed by atoms with Crippen molar-refractivity contribution in [1.29, 1.82) is 0 Å². The summed E-state index contributed by atoms with van der Waals surface area (Å²) in [6.45, 7) is 14.4. The van der Waals surface area contributed by atoms with Gasteiger partial charge in [0.05, 0.1) is 7.11 Å². The van der Waals surface area contributed by atoms with Crippen LogP contribution in [0.5, 0.6) is 5.75 Å². The first-order valence-corrected chi connectivity index (χ1v) is 10.3. The molecule has 0 radical (unpaired) electrons. The van der Waals surface area contributed by atoms with Crippen molar-refractivity contribution >= 4 is 0 Å². The monoisotopic (exact) mass is 373 g/mol. The Kier molecular flexibility index (Phi) is 9.48. The van der Waals surface area contributed by atoms with Crippen molar-refractivity contribution in [3.8, 4) is 16.9 Å². The van der Waals surface area contributed by atoms with E-state index in [9.17, 15) is 4.39 Å². The summed E-state index contributed by atoms with van der Waals surface area (Å²) in [5, 5.41) is 0. The number of hydrogen-bond donors (Lipinski definition) is 0. The van der Waals surface area contributed by atoms with Gasteiger partial charge in [-0.3, -0.25) is 4.98 Å². The SMILES string of the molecule is CC.CCCC(CC)c1ccc(-c2cc(C(C)C)c(F)cc2OC)c(C)n1. The number of nitrogens with zero attached hydrogens (tertiary/aromatic N) is 1. The van der Waals surface area contributed by atoms with Crippen molar-refractivity contribution in [2.75, 3.05) is 7.11 Å². The van der Waals surface area contributed by atoms with Crippen LogP contribution in [-0.4, -0.2) is 12.1 Å². The molecular formula is C24H36FNO. The second-order valence-corrected chi connectivity index (χ2v) is 6.99. The molecule has 0 amide bonds. The smallest absolute Gasteiger partial charge is 0.130 e. The molecule has 1 aromatic heterocycles. The van der Waals surface area contributed by atoms with Crippen LogP contribution in [0.3, 0.4) is 0 Å². The van der Waals surface area contributed by atoms with Crippen molar-refractivity contribution in [1.82, 2.24) is 4.98 Å². The van der Waals surface area contributed by atoms with Crippen LogP contribution in [0, 0.1) is 12.7 Å². The molecule has 1 atom stereocenters. The number of methoxy groups -OCH3 is 1. The molecular weight excluding hydrogens is 337 g/mol. The number of aryl methyl sites for hydroxylation is 1. The van der Waals surface area contributed by atoms with Gasteiger partial charge in [0.2, 0.25) is 0 Å². The highest BCUT2D eigenvalue weighted by molar-refractivity contribution is 5.73. The first kappa shape index (κ1) is 23.1. The zero-order valence-corrected chi connectivity index (χ0v) is 18.3. The second-order valence-electron chi connectivity index (χ2n) is 6.99. The maximum atomic E-state index is 14.3. The molecule has 0 fully saturated rings. The van der Waals surface area contributed by atoms with E-state index < -0.39 is 0 Å². The van der Waals surface area contributed by atoms with E-state index in [4.69, 9.17) is 9.72 Å². The van der Waals surface area contributed by atoms with E-state index in [1.54, 1.807) is 7.11 Å². The number of benzene rings is 1. The van der Waals surface area contributed by atoms with Crippen LogP contribution in [0.4, 0.5) is 4.39 Å². The van der Waals surface area contributed by atoms with Crippen molar-refractivity contribution in [2.45, 2.75) is 79.6 Å². The Balaban J connectivity index is 0.00000176. The zero-order valence-electron chi connectivity index (χ0n) is 18.3. The van der Waals surface area contributed by atoms with Crippen molar-refractivity contribution in [3.05, 3.63) is 47.0 Å². The Morgan fingerprint density at radius 3 is 2.22 bits per heavy atom. The minimum Gasteiger partial charge on any atom is -0.496 e. The molecule has 2 aromatic rings. The van der Waals surface area contributed by atoms with Crippen LogP contribution in [0.25, 0.3) is 11.1 Å². The molecule has 2 nitrogen and oxygen atoms in total. The summed E-state index contributed by atoms with van der Waals surface area (Å²) in [7, 11) is 1.58. The molecule has 0 aliphatic heterocycles. The zero-order chi connectivity index (χ0) is 20.6. The summed E-state index contributed by atoms with van der Waals surface area (Å²) in [6.07, 6.45) is 3.40. The number of halogens is 1. The molecule has 0 aliphatic rings. The molecule has 0 N–H and O–H groups in total. The Morgan fingerprint density at radius 1 is 1.07 bits per heavy atom. The van der Waals surface area contributed by atoms with Crippen molar-refractivity contribution < 1.29 is 9.13 Å². The third-order valence-electron chi connectivity index (χ3n) is 4.89. The minimum atomic E-state index is -0.216. The van der Waals surface area contributed by atoms with Crippen LogP contribution in [0.2, 0.25) is 0 Å². The Morgan fingerprint density at radius 2 is 1.74 bits per heavy atom.